The molecule has 0 atom stereocenters. The normalized spacial score (nSPS) is 10.3. The number of amides is 1. The van der Waals surface area contributed by atoms with E-state index in [0.29, 0.717) is 18.2 Å². The van der Waals surface area contributed by atoms with Crippen LogP contribution >= 0.6 is 0 Å². The number of carbonyl (C=O) groups is 1. The lowest BCUT2D eigenvalue weighted by molar-refractivity contribution is 0.0946. The topological polar surface area (TPSA) is 79.8 Å². The summed E-state index contributed by atoms with van der Waals surface area (Å²) < 4.78 is 0. The molecular weight excluding hydrogens is 314 g/mol. The average Bonchev–Trinajstić information content (AvgIpc) is 2.68. The first-order valence-electron chi connectivity index (χ1n) is 8.10. The van der Waals surface area contributed by atoms with Crippen molar-refractivity contribution < 1.29 is 4.79 Å². The highest BCUT2D eigenvalue weighted by Gasteiger charge is 2.09. The van der Waals surface area contributed by atoms with E-state index in [1.807, 2.05) is 36.4 Å². The number of rotatable bonds is 6. The van der Waals surface area contributed by atoms with E-state index in [1.165, 1.54) is 5.56 Å². The molecule has 1 aromatic carbocycles. The van der Waals surface area contributed by atoms with E-state index < -0.39 is 0 Å². The first-order valence-corrected chi connectivity index (χ1v) is 8.10. The zero-order chi connectivity index (χ0) is 17.5. The Kier molecular flexibility index (Phi) is 5.31. The lowest BCUT2D eigenvalue weighted by atomic mass is 10.1. The van der Waals surface area contributed by atoms with E-state index in [1.54, 1.807) is 24.7 Å². The predicted molar refractivity (Wildman–Crippen MR) is 96.5 cm³/mol. The summed E-state index contributed by atoms with van der Waals surface area (Å²) in [6, 6.07) is 13.3. The number of carbonyl (C=O) groups excluding carboxylic acids is 1. The molecule has 2 N–H and O–H groups in total. The summed E-state index contributed by atoms with van der Waals surface area (Å²) in [4.78, 5) is 24.7. The third-order valence-corrected chi connectivity index (χ3v) is 3.71. The van der Waals surface area contributed by atoms with Crippen LogP contribution in [0.25, 0.3) is 0 Å². The number of nitrogens with one attached hydrogen (secondary N) is 2. The zero-order valence-electron chi connectivity index (χ0n) is 13.9. The van der Waals surface area contributed by atoms with Gasteiger partial charge in [-0.3, -0.25) is 9.78 Å². The third-order valence-electron chi connectivity index (χ3n) is 3.71. The van der Waals surface area contributed by atoms with Crippen molar-refractivity contribution in [3.05, 3.63) is 77.9 Å². The Bertz CT molecular complexity index is 834. The van der Waals surface area contributed by atoms with E-state index in [9.17, 15) is 4.79 Å². The number of anilines is 2. The van der Waals surface area contributed by atoms with Crippen LogP contribution in [-0.4, -0.2) is 20.9 Å². The lowest BCUT2D eigenvalue weighted by Crippen LogP contribution is -2.24. The summed E-state index contributed by atoms with van der Waals surface area (Å²) in [5, 5.41) is 5.95. The van der Waals surface area contributed by atoms with Crippen LogP contribution in [0.2, 0.25) is 0 Å². The second-order valence-corrected chi connectivity index (χ2v) is 5.48. The van der Waals surface area contributed by atoms with Gasteiger partial charge in [-0.25, -0.2) is 9.97 Å². The van der Waals surface area contributed by atoms with Gasteiger partial charge in [-0.15, -0.1) is 0 Å². The molecule has 0 saturated carbocycles. The van der Waals surface area contributed by atoms with Crippen molar-refractivity contribution in [1.82, 2.24) is 20.3 Å². The van der Waals surface area contributed by atoms with Crippen LogP contribution in [0.1, 0.15) is 28.5 Å². The van der Waals surface area contributed by atoms with Gasteiger partial charge in [0.2, 0.25) is 5.95 Å². The van der Waals surface area contributed by atoms with Crippen LogP contribution in [0.4, 0.5) is 11.6 Å². The van der Waals surface area contributed by atoms with Gasteiger partial charge in [0.05, 0.1) is 0 Å². The van der Waals surface area contributed by atoms with Gasteiger partial charge in [-0.2, -0.15) is 0 Å². The Morgan fingerprint density at radius 2 is 1.72 bits per heavy atom. The first-order chi connectivity index (χ1) is 12.2. The maximum absolute atomic E-state index is 12.3. The van der Waals surface area contributed by atoms with Gasteiger partial charge in [-0.1, -0.05) is 19.1 Å². The van der Waals surface area contributed by atoms with Crippen molar-refractivity contribution in [1.29, 1.82) is 0 Å². The number of hydrogen-bond acceptors (Lipinski definition) is 5. The molecule has 3 aromatic rings. The van der Waals surface area contributed by atoms with Crippen molar-refractivity contribution in [2.75, 3.05) is 5.32 Å². The molecule has 3 rings (SSSR count). The molecule has 0 aliphatic rings. The van der Waals surface area contributed by atoms with E-state index >= 15 is 0 Å². The molecule has 0 aliphatic carbocycles. The number of aromatic nitrogens is 3. The minimum atomic E-state index is -0.247. The quantitative estimate of drug-likeness (QED) is 0.724. The number of hydrogen-bond donors (Lipinski definition) is 2. The first kappa shape index (κ1) is 16.6. The van der Waals surface area contributed by atoms with Crippen LogP contribution in [0, 0.1) is 0 Å². The Balaban J connectivity index is 1.64. The van der Waals surface area contributed by atoms with Crippen LogP contribution in [0.3, 0.4) is 0 Å². The molecule has 0 saturated heterocycles. The van der Waals surface area contributed by atoms with Gasteiger partial charge in [0.1, 0.15) is 5.69 Å². The molecule has 0 radical (unpaired) electrons. The molecule has 0 spiro atoms. The SMILES string of the molecule is CCc1ccc(Nc2nccc(C(=O)NCc3ccncc3)n2)cc1. The third kappa shape index (κ3) is 4.60. The van der Waals surface area contributed by atoms with Crippen molar-refractivity contribution in [3.8, 4) is 0 Å². The van der Waals surface area contributed by atoms with Gasteiger partial charge < -0.3 is 10.6 Å². The van der Waals surface area contributed by atoms with Crippen LogP contribution in [-0.2, 0) is 13.0 Å². The highest BCUT2D eigenvalue weighted by molar-refractivity contribution is 5.92. The maximum Gasteiger partial charge on any atom is 0.270 e. The van der Waals surface area contributed by atoms with Gasteiger partial charge in [-0.05, 0) is 47.9 Å². The van der Waals surface area contributed by atoms with Crippen LogP contribution < -0.4 is 10.6 Å². The molecule has 0 aliphatic heterocycles. The standard InChI is InChI=1S/C19H19N5O/c1-2-14-3-5-16(6-4-14)23-19-21-12-9-17(24-19)18(25)22-13-15-7-10-20-11-8-15/h3-12H,2,13H2,1H3,(H,22,25)(H,21,23,24). The summed E-state index contributed by atoms with van der Waals surface area (Å²) in [6.07, 6.45) is 5.94. The monoisotopic (exact) mass is 333 g/mol. The maximum atomic E-state index is 12.3. The van der Waals surface area contributed by atoms with Crippen molar-refractivity contribution in [2.45, 2.75) is 19.9 Å². The average molecular weight is 333 g/mol. The summed E-state index contributed by atoms with van der Waals surface area (Å²) in [7, 11) is 0. The molecule has 6 heteroatoms. The minimum absolute atomic E-state index is 0.247. The van der Waals surface area contributed by atoms with Gasteiger partial charge in [0.15, 0.2) is 0 Å². The molecule has 126 valence electrons. The molecule has 0 unspecified atom stereocenters. The molecule has 2 heterocycles. The van der Waals surface area contributed by atoms with E-state index in [2.05, 4.69) is 32.5 Å². The molecule has 2 aromatic heterocycles. The van der Waals surface area contributed by atoms with Gasteiger partial charge in [0.25, 0.3) is 5.91 Å². The number of nitrogens with zero attached hydrogens (tertiary/aromatic N) is 3. The molecule has 6 nitrogen and oxygen atoms in total. The van der Waals surface area contributed by atoms with Crippen molar-refractivity contribution in [2.24, 2.45) is 0 Å². The molecule has 25 heavy (non-hydrogen) atoms. The Hall–Kier alpha value is -3.28. The summed E-state index contributed by atoms with van der Waals surface area (Å²) in [6.45, 7) is 2.53. The van der Waals surface area contributed by atoms with Gasteiger partial charge in [0, 0.05) is 30.8 Å². The second-order valence-electron chi connectivity index (χ2n) is 5.48. The van der Waals surface area contributed by atoms with E-state index in [4.69, 9.17) is 0 Å². The minimum Gasteiger partial charge on any atom is -0.347 e. The molecule has 0 fully saturated rings. The smallest absolute Gasteiger partial charge is 0.270 e. The second kappa shape index (κ2) is 8.01. The van der Waals surface area contributed by atoms with Crippen LogP contribution in [0.5, 0.6) is 0 Å². The highest BCUT2D eigenvalue weighted by Crippen LogP contribution is 2.14. The molecular formula is C19H19N5O. The summed E-state index contributed by atoms with van der Waals surface area (Å²) >= 11 is 0. The highest BCUT2D eigenvalue weighted by atomic mass is 16.1. The lowest BCUT2D eigenvalue weighted by Gasteiger charge is -2.08. The number of benzene rings is 1. The Labute approximate surface area is 146 Å². The zero-order valence-corrected chi connectivity index (χ0v) is 13.9. The molecule has 0 bridgehead atoms. The fourth-order valence-corrected chi connectivity index (χ4v) is 2.27. The van der Waals surface area contributed by atoms with E-state index in [-0.39, 0.29) is 5.91 Å². The number of pyridine rings is 1. The van der Waals surface area contributed by atoms with Gasteiger partial charge >= 0.3 is 0 Å². The fourth-order valence-electron chi connectivity index (χ4n) is 2.27. The van der Waals surface area contributed by atoms with Crippen LogP contribution in [0.15, 0.2) is 61.1 Å². The number of aryl methyl sites for hydroxylation is 1. The van der Waals surface area contributed by atoms with Crippen molar-refractivity contribution in [3.63, 3.8) is 0 Å². The Morgan fingerprint density at radius 3 is 2.44 bits per heavy atom. The van der Waals surface area contributed by atoms with E-state index in [0.717, 1.165) is 17.7 Å². The largest absolute Gasteiger partial charge is 0.347 e. The summed E-state index contributed by atoms with van der Waals surface area (Å²) in [5.74, 6) is 0.143. The Morgan fingerprint density at radius 1 is 0.960 bits per heavy atom. The fraction of sp³-hybridized carbons (Fsp3) is 0.158. The molecule has 1 amide bonds. The van der Waals surface area contributed by atoms with Crippen molar-refractivity contribution >= 4 is 17.5 Å². The predicted octanol–water partition coefficient (Wildman–Crippen LogP) is 3.11. The summed E-state index contributed by atoms with van der Waals surface area (Å²) in [5.41, 5.74) is 3.44.